The predicted molar refractivity (Wildman–Crippen MR) is 55.8 cm³/mol. The molecule has 0 radical (unpaired) electrons. The molecule has 92 valence electrons. The van der Waals surface area contributed by atoms with E-state index in [1.807, 2.05) is 0 Å². The number of benzene rings is 1. The highest BCUT2D eigenvalue weighted by atomic mass is 19.4. The quantitative estimate of drug-likeness (QED) is 0.861. The molecule has 5 heteroatoms. The molecule has 1 heterocycles. The van der Waals surface area contributed by atoms with Crippen LogP contribution in [0.4, 0.5) is 13.2 Å². The summed E-state index contributed by atoms with van der Waals surface area (Å²) in [4.78, 5) is 0. The molecular formula is C12H12F3NO. The number of fused-ring (bicyclic) bond motifs is 1. The van der Waals surface area contributed by atoms with E-state index in [1.165, 1.54) is 12.1 Å². The molecule has 3 rings (SSSR count). The lowest BCUT2D eigenvalue weighted by molar-refractivity contribution is -0.274. The van der Waals surface area contributed by atoms with Crippen LogP contribution < -0.4 is 10.1 Å². The van der Waals surface area contributed by atoms with Crippen molar-refractivity contribution in [1.29, 1.82) is 0 Å². The SMILES string of the molecule is FC(F)(F)Oc1ccc(C23CNCC2C3)cc1. The van der Waals surface area contributed by atoms with Crippen molar-refractivity contribution in [3.63, 3.8) is 0 Å². The molecule has 2 unspecified atom stereocenters. The molecule has 1 N–H and O–H groups in total. The summed E-state index contributed by atoms with van der Waals surface area (Å²) < 4.78 is 39.8. The summed E-state index contributed by atoms with van der Waals surface area (Å²) in [6.45, 7) is 1.94. The lowest BCUT2D eigenvalue weighted by Gasteiger charge is -2.14. The fraction of sp³-hybridized carbons (Fsp3) is 0.500. The maximum Gasteiger partial charge on any atom is 0.573 e. The highest BCUT2D eigenvalue weighted by Crippen LogP contribution is 2.56. The molecule has 2 atom stereocenters. The summed E-state index contributed by atoms with van der Waals surface area (Å²) in [5, 5.41) is 3.30. The van der Waals surface area contributed by atoms with Crippen molar-refractivity contribution in [2.75, 3.05) is 13.1 Å². The first-order chi connectivity index (χ1) is 8.00. The summed E-state index contributed by atoms with van der Waals surface area (Å²) in [7, 11) is 0. The van der Waals surface area contributed by atoms with Crippen LogP contribution in [-0.2, 0) is 5.41 Å². The van der Waals surface area contributed by atoms with Gasteiger partial charge in [-0.25, -0.2) is 0 Å². The van der Waals surface area contributed by atoms with Crippen LogP contribution in [-0.4, -0.2) is 19.5 Å². The van der Waals surface area contributed by atoms with Crippen molar-refractivity contribution in [1.82, 2.24) is 5.32 Å². The Bertz CT molecular complexity index is 428. The van der Waals surface area contributed by atoms with Gasteiger partial charge in [-0.2, -0.15) is 0 Å². The van der Waals surface area contributed by atoms with E-state index in [4.69, 9.17) is 0 Å². The Morgan fingerprint density at radius 1 is 1.24 bits per heavy atom. The molecule has 0 aromatic heterocycles. The molecule has 0 amide bonds. The van der Waals surface area contributed by atoms with Gasteiger partial charge in [0.15, 0.2) is 0 Å². The van der Waals surface area contributed by atoms with Crippen LogP contribution in [0.3, 0.4) is 0 Å². The van der Waals surface area contributed by atoms with Crippen molar-refractivity contribution >= 4 is 0 Å². The summed E-state index contributed by atoms with van der Waals surface area (Å²) in [6.07, 6.45) is -3.48. The first-order valence-electron chi connectivity index (χ1n) is 5.57. The summed E-state index contributed by atoms with van der Waals surface area (Å²) in [5.41, 5.74) is 1.29. The van der Waals surface area contributed by atoms with Crippen LogP contribution in [0.2, 0.25) is 0 Å². The first kappa shape index (κ1) is 10.9. The summed E-state index contributed by atoms with van der Waals surface area (Å²) in [5.74, 6) is 0.498. The minimum absolute atomic E-state index is 0.152. The van der Waals surface area contributed by atoms with Crippen LogP contribution in [0.15, 0.2) is 24.3 Å². The molecule has 0 bridgehead atoms. The highest BCUT2D eigenvalue weighted by molar-refractivity contribution is 5.40. The van der Waals surface area contributed by atoms with Crippen LogP contribution in [0.5, 0.6) is 5.75 Å². The largest absolute Gasteiger partial charge is 0.573 e. The normalized spacial score (nSPS) is 31.1. The van der Waals surface area contributed by atoms with Gasteiger partial charge in [-0.1, -0.05) is 12.1 Å². The maximum absolute atomic E-state index is 12.0. The fourth-order valence-corrected chi connectivity index (χ4v) is 2.78. The van der Waals surface area contributed by atoms with Gasteiger partial charge in [0.1, 0.15) is 5.75 Å². The standard InChI is InChI=1S/C12H12F3NO/c13-12(14,15)17-10-3-1-8(2-4-10)11-5-9(11)6-16-7-11/h1-4,9,16H,5-7H2. The van der Waals surface area contributed by atoms with Gasteiger partial charge in [0.25, 0.3) is 0 Å². The Morgan fingerprint density at radius 2 is 1.94 bits per heavy atom. The highest BCUT2D eigenvalue weighted by Gasteiger charge is 2.57. The van der Waals surface area contributed by atoms with Crippen LogP contribution in [0, 0.1) is 5.92 Å². The van der Waals surface area contributed by atoms with E-state index in [9.17, 15) is 13.2 Å². The second-order valence-corrected chi connectivity index (χ2v) is 4.76. The molecule has 1 aliphatic heterocycles. The van der Waals surface area contributed by atoms with Crippen LogP contribution in [0.25, 0.3) is 0 Å². The Hall–Kier alpha value is -1.23. The zero-order chi connectivity index (χ0) is 12.1. The smallest absolute Gasteiger partial charge is 0.406 e. The number of halogens is 3. The maximum atomic E-state index is 12.0. The number of rotatable bonds is 2. The molecule has 1 aliphatic carbocycles. The minimum Gasteiger partial charge on any atom is -0.406 e. The topological polar surface area (TPSA) is 21.3 Å². The van der Waals surface area contributed by atoms with Crippen molar-refractivity contribution in [3.05, 3.63) is 29.8 Å². The third-order valence-corrected chi connectivity index (χ3v) is 3.73. The fourth-order valence-electron chi connectivity index (χ4n) is 2.78. The summed E-state index contributed by atoms with van der Waals surface area (Å²) >= 11 is 0. The van der Waals surface area contributed by atoms with Crippen LogP contribution >= 0.6 is 0 Å². The van der Waals surface area contributed by atoms with E-state index in [0.717, 1.165) is 25.1 Å². The van der Waals surface area contributed by atoms with Gasteiger partial charge in [-0.15, -0.1) is 13.2 Å². The molecule has 17 heavy (non-hydrogen) atoms. The molecule has 2 aliphatic rings. The molecule has 0 spiro atoms. The Morgan fingerprint density at radius 3 is 2.41 bits per heavy atom. The number of hydrogen-bond donors (Lipinski definition) is 1. The molecule has 2 fully saturated rings. The third-order valence-electron chi connectivity index (χ3n) is 3.73. The van der Waals surface area contributed by atoms with E-state index in [-0.39, 0.29) is 11.2 Å². The summed E-state index contributed by atoms with van der Waals surface area (Å²) in [6, 6.07) is 6.28. The number of ether oxygens (including phenoxy) is 1. The van der Waals surface area contributed by atoms with Gasteiger partial charge in [0.2, 0.25) is 0 Å². The van der Waals surface area contributed by atoms with E-state index in [0.29, 0.717) is 5.92 Å². The zero-order valence-corrected chi connectivity index (χ0v) is 9.05. The monoisotopic (exact) mass is 243 g/mol. The molecule has 2 nitrogen and oxygen atoms in total. The van der Waals surface area contributed by atoms with Gasteiger partial charge in [-0.05, 0) is 36.6 Å². The van der Waals surface area contributed by atoms with Crippen LogP contribution in [0.1, 0.15) is 12.0 Å². The van der Waals surface area contributed by atoms with Gasteiger partial charge in [0.05, 0.1) is 0 Å². The first-order valence-corrected chi connectivity index (χ1v) is 5.57. The van der Waals surface area contributed by atoms with Gasteiger partial charge in [-0.3, -0.25) is 0 Å². The van der Waals surface area contributed by atoms with E-state index in [1.54, 1.807) is 12.1 Å². The van der Waals surface area contributed by atoms with E-state index < -0.39 is 6.36 Å². The number of nitrogens with one attached hydrogen (secondary N) is 1. The van der Waals surface area contributed by atoms with Crippen molar-refractivity contribution in [2.24, 2.45) is 5.92 Å². The van der Waals surface area contributed by atoms with Gasteiger partial charge >= 0.3 is 6.36 Å². The second-order valence-electron chi connectivity index (χ2n) is 4.76. The Labute approximate surface area is 96.8 Å². The van der Waals surface area contributed by atoms with Crippen molar-refractivity contribution in [3.8, 4) is 5.75 Å². The number of piperidine rings is 1. The number of hydrogen-bond acceptors (Lipinski definition) is 2. The lowest BCUT2D eigenvalue weighted by Crippen LogP contribution is -2.19. The minimum atomic E-state index is -4.61. The molecule has 1 aromatic rings. The number of alkyl halides is 3. The van der Waals surface area contributed by atoms with E-state index >= 15 is 0 Å². The zero-order valence-electron chi connectivity index (χ0n) is 9.05. The van der Waals surface area contributed by atoms with Gasteiger partial charge < -0.3 is 10.1 Å². The second kappa shape index (κ2) is 3.38. The Balaban J connectivity index is 1.77. The predicted octanol–water partition coefficient (Wildman–Crippen LogP) is 2.45. The van der Waals surface area contributed by atoms with Gasteiger partial charge in [0, 0.05) is 12.0 Å². The van der Waals surface area contributed by atoms with E-state index in [2.05, 4.69) is 10.1 Å². The molecule has 1 aromatic carbocycles. The van der Waals surface area contributed by atoms with Crippen molar-refractivity contribution < 1.29 is 17.9 Å². The lowest BCUT2D eigenvalue weighted by atomic mass is 9.95. The van der Waals surface area contributed by atoms with Crippen molar-refractivity contribution in [2.45, 2.75) is 18.2 Å². The molecular weight excluding hydrogens is 231 g/mol. The molecule has 1 saturated heterocycles. The molecule has 1 saturated carbocycles. The average Bonchev–Trinajstić information content (AvgIpc) is 2.80. The Kier molecular flexibility index (Phi) is 2.17. The average molecular weight is 243 g/mol. The third kappa shape index (κ3) is 1.88.